The number of nitrogens with two attached hydrogens (primary N) is 1. The summed E-state index contributed by atoms with van der Waals surface area (Å²) in [5, 5.41) is 0. The molecule has 0 fully saturated rings. The molecule has 0 radical (unpaired) electrons. The Morgan fingerprint density at radius 2 is 1.84 bits per heavy atom. The Hall–Kier alpha value is -2.82. The van der Waals surface area contributed by atoms with Gasteiger partial charge in [-0.1, -0.05) is 31.2 Å². The van der Waals surface area contributed by atoms with E-state index < -0.39 is 5.91 Å². The van der Waals surface area contributed by atoms with Gasteiger partial charge in [0.2, 0.25) is 5.91 Å². The molecule has 5 heteroatoms. The van der Waals surface area contributed by atoms with Crippen molar-refractivity contribution in [3.63, 3.8) is 0 Å². The van der Waals surface area contributed by atoms with Gasteiger partial charge in [0.25, 0.3) is 5.91 Å². The van der Waals surface area contributed by atoms with Gasteiger partial charge in [0, 0.05) is 43.0 Å². The van der Waals surface area contributed by atoms with Crippen LogP contribution >= 0.6 is 0 Å². The SMILES string of the molecule is CCC1CN(C)c2ccccc2CN1C(=O)c1cccc(C(N)=O)c1. The number of benzene rings is 2. The molecule has 130 valence electrons. The van der Waals surface area contributed by atoms with Crippen LogP contribution in [-0.2, 0) is 6.54 Å². The van der Waals surface area contributed by atoms with Crippen molar-refractivity contribution < 1.29 is 9.59 Å². The number of hydrogen-bond donors (Lipinski definition) is 1. The lowest BCUT2D eigenvalue weighted by molar-refractivity contribution is 0.0667. The van der Waals surface area contributed by atoms with Crippen LogP contribution < -0.4 is 10.6 Å². The Morgan fingerprint density at radius 3 is 2.56 bits per heavy atom. The molecule has 0 bridgehead atoms. The number of amides is 2. The Bertz CT molecular complexity index is 803. The summed E-state index contributed by atoms with van der Waals surface area (Å²) in [5.74, 6) is -0.595. The zero-order chi connectivity index (χ0) is 18.0. The van der Waals surface area contributed by atoms with E-state index in [2.05, 4.69) is 31.0 Å². The standard InChI is InChI=1S/C20H23N3O2/c1-3-17-13-22(2)18-10-5-4-7-16(18)12-23(17)20(25)15-9-6-8-14(11-15)19(21)24/h4-11,17H,3,12-13H2,1-2H3,(H2,21,24). The maximum Gasteiger partial charge on any atom is 0.254 e. The summed E-state index contributed by atoms with van der Waals surface area (Å²) >= 11 is 0. The molecule has 3 rings (SSSR count). The first-order chi connectivity index (χ1) is 12.0. The highest BCUT2D eigenvalue weighted by atomic mass is 16.2. The molecule has 5 nitrogen and oxygen atoms in total. The maximum absolute atomic E-state index is 13.2. The van der Waals surface area contributed by atoms with E-state index in [4.69, 9.17) is 5.73 Å². The summed E-state index contributed by atoms with van der Waals surface area (Å²) in [6.45, 7) is 3.42. The fourth-order valence-electron chi connectivity index (χ4n) is 3.40. The van der Waals surface area contributed by atoms with E-state index in [0.29, 0.717) is 17.7 Å². The summed E-state index contributed by atoms with van der Waals surface area (Å²) in [6, 6.07) is 14.9. The molecule has 0 aliphatic carbocycles. The number of rotatable bonds is 3. The lowest BCUT2D eigenvalue weighted by atomic mass is 10.1. The van der Waals surface area contributed by atoms with E-state index in [1.165, 1.54) is 0 Å². The maximum atomic E-state index is 13.2. The number of fused-ring (bicyclic) bond motifs is 1. The first-order valence-corrected chi connectivity index (χ1v) is 8.51. The van der Waals surface area contributed by atoms with E-state index in [1.807, 2.05) is 17.0 Å². The molecule has 1 unspecified atom stereocenters. The number of carbonyl (C=O) groups excluding carboxylic acids is 2. The van der Waals surface area contributed by atoms with E-state index in [9.17, 15) is 9.59 Å². The second-order valence-electron chi connectivity index (χ2n) is 6.45. The van der Waals surface area contributed by atoms with Crippen molar-refractivity contribution in [1.82, 2.24) is 4.90 Å². The van der Waals surface area contributed by atoms with Crippen molar-refractivity contribution in [2.75, 3.05) is 18.5 Å². The van der Waals surface area contributed by atoms with E-state index in [-0.39, 0.29) is 11.9 Å². The summed E-state index contributed by atoms with van der Waals surface area (Å²) in [7, 11) is 2.06. The Morgan fingerprint density at radius 1 is 1.12 bits per heavy atom. The molecular formula is C20H23N3O2. The summed E-state index contributed by atoms with van der Waals surface area (Å²) < 4.78 is 0. The molecular weight excluding hydrogens is 314 g/mol. The topological polar surface area (TPSA) is 66.6 Å². The lowest BCUT2D eigenvalue weighted by Gasteiger charge is -2.31. The molecule has 1 aliphatic rings. The molecule has 1 heterocycles. The van der Waals surface area contributed by atoms with Crippen molar-refractivity contribution in [2.45, 2.75) is 25.9 Å². The fraction of sp³-hybridized carbons (Fsp3) is 0.300. The van der Waals surface area contributed by atoms with Gasteiger partial charge in [-0.15, -0.1) is 0 Å². The van der Waals surface area contributed by atoms with Gasteiger partial charge in [0.1, 0.15) is 0 Å². The highest BCUT2D eigenvalue weighted by Gasteiger charge is 2.29. The number of carbonyl (C=O) groups is 2. The molecule has 0 aromatic heterocycles. The minimum atomic E-state index is -0.525. The average Bonchev–Trinajstić information content (AvgIpc) is 2.78. The molecule has 2 N–H and O–H groups in total. The number of nitrogens with zero attached hydrogens (tertiary/aromatic N) is 2. The van der Waals surface area contributed by atoms with Crippen LogP contribution in [0.25, 0.3) is 0 Å². The van der Waals surface area contributed by atoms with Crippen molar-refractivity contribution in [3.05, 3.63) is 65.2 Å². The molecule has 2 aromatic carbocycles. The third-order valence-corrected chi connectivity index (χ3v) is 4.80. The van der Waals surface area contributed by atoms with Gasteiger partial charge >= 0.3 is 0 Å². The van der Waals surface area contributed by atoms with Gasteiger partial charge in [-0.25, -0.2) is 0 Å². The van der Waals surface area contributed by atoms with Crippen LogP contribution in [0.5, 0.6) is 0 Å². The predicted molar refractivity (Wildman–Crippen MR) is 98.6 cm³/mol. The number of hydrogen-bond acceptors (Lipinski definition) is 3. The monoisotopic (exact) mass is 337 g/mol. The molecule has 0 saturated carbocycles. The number of para-hydroxylation sites is 1. The van der Waals surface area contributed by atoms with Crippen LogP contribution in [0.4, 0.5) is 5.69 Å². The van der Waals surface area contributed by atoms with Crippen molar-refractivity contribution in [3.8, 4) is 0 Å². The van der Waals surface area contributed by atoms with Crippen molar-refractivity contribution in [1.29, 1.82) is 0 Å². The molecule has 1 aliphatic heterocycles. The van der Waals surface area contributed by atoms with Crippen LogP contribution in [-0.4, -0.2) is 36.3 Å². The highest BCUT2D eigenvalue weighted by molar-refractivity contribution is 5.99. The highest BCUT2D eigenvalue weighted by Crippen LogP contribution is 2.28. The summed E-state index contributed by atoms with van der Waals surface area (Å²) in [5.41, 5.74) is 8.48. The van der Waals surface area contributed by atoms with E-state index in [1.54, 1.807) is 24.3 Å². The van der Waals surface area contributed by atoms with Gasteiger partial charge in [-0.3, -0.25) is 9.59 Å². The summed E-state index contributed by atoms with van der Waals surface area (Å²) in [6.07, 6.45) is 0.861. The first kappa shape index (κ1) is 17.0. The second-order valence-corrected chi connectivity index (χ2v) is 6.45. The summed E-state index contributed by atoms with van der Waals surface area (Å²) in [4.78, 5) is 28.7. The smallest absolute Gasteiger partial charge is 0.254 e. The predicted octanol–water partition coefficient (Wildman–Crippen LogP) is 2.66. The Kier molecular flexibility index (Phi) is 4.74. The molecule has 25 heavy (non-hydrogen) atoms. The lowest BCUT2D eigenvalue weighted by Crippen LogP contribution is -2.43. The molecule has 0 spiro atoms. The second kappa shape index (κ2) is 6.97. The van der Waals surface area contributed by atoms with Gasteiger partial charge in [0.05, 0.1) is 0 Å². The number of anilines is 1. The van der Waals surface area contributed by atoms with Crippen LogP contribution in [0.1, 0.15) is 39.6 Å². The van der Waals surface area contributed by atoms with E-state index >= 15 is 0 Å². The van der Waals surface area contributed by atoms with Gasteiger partial charge in [-0.2, -0.15) is 0 Å². The molecule has 1 atom stereocenters. The number of likely N-dealkylation sites (N-methyl/N-ethyl adjacent to an activating group) is 1. The Labute approximate surface area is 148 Å². The molecule has 2 amide bonds. The van der Waals surface area contributed by atoms with Gasteiger partial charge in [-0.05, 0) is 36.2 Å². The third-order valence-electron chi connectivity index (χ3n) is 4.80. The largest absolute Gasteiger partial charge is 0.372 e. The van der Waals surface area contributed by atoms with Gasteiger partial charge in [0.15, 0.2) is 0 Å². The van der Waals surface area contributed by atoms with Crippen LogP contribution in [0.2, 0.25) is 0 Å². The molecule has 0 saturated heterocycles. The van der Waals surface area contributed by atoms with Crippen LogP contribution in [0.15, 0.2) is 48.5 Å². The van der Waals surface area contributed by atoms with Crippen LogP contribution in [0.3, 0.4) is 0 Å². The first-order valence-electron chi connectivity index (χ1n) is 8.51. The third kappa shape index (κ3) is 3.36. The number of primary amides is 1. The van der Waals surface area contributed by atoms with Crippen molar-refractivity contribution in [2.24, 2.45) is 5.73 Å². The van der Waals surface area contributed by atoms with Crippen molar-refractivity contribution >= 4 is 17.5 Å². The quantitative estimate of drug-likeness (QED) is 0.936. The minimum absolute atomic E-state index is 0.0694. The van der Waals surface area contributed by atoms with Crippen LogP contribution in [0, 0.1) is 0 Å². The van der Waals surface area contributed by atoms with Gasteiger partial charge < -0.3 is 15.5 Å². The minimum Gasteiger partial charge on any atom is -0.372 e. The molecule has 2 aromatic rings. The Balaban J connectivity index is 1.97. The average molecular weight is 337 g/mol. The fourth-order valence-corrected chi connectivity index (χ4v) is 3.40. The van der Waals surface area contributed by atoms with E-state index in [0.717, 1.165) is 24.2 Å². The normalized spacial score (nSPS) is 17.0. The zero-order valence-corrected chi connectivity index (χ0v) is 14.6. The zero-order valence-electron chi connectivity index (χ0n) is 14.6.